The van der Waals surface area contributed by atoms with Crippen molar-refractivity contribution in [3.8, 4) is 22.6 Å². The lowest BCUT2D eigenvalue weighted by Crippen LogP contribution is -2.19. The van der Waals surface area contributed by atoms with E-state index in [0.717, 1.165) is 11.1 Å². The molecule has 0 saturated carbocycles. The number of nitrogens with two attached hydrogens (primary N) is 1. The van der Waals surface area contributed by atoms with Crippen LogP contribution in [0.25, 0.3) is 22.1 Å². The molecule has 0 atom stereocenters. The molecule has 3 aromatic carbocycles. The van der Waals surface area contributed by atoms with E-state index in [1.54, 1.807) is 56.7 Å². The number of ether oxygens (including phenoxy) is 2. The van der Waals surface area contributed by atoms with Gasteiger partial charge in [-0.3, -0.25) is 0 Å². The SMILES string of the molecule is COc1cccc(NC(=O)Nc2ccc(-c3ccc(OC)c4onc(N)c34)cc2)c1. The molecule has 30 heavy (non-hydrogen) atoms. The van der Waals surface area contributed by atoms with Gasteiger partial charge in [0.05, 0.1) is 19.6 Å². The summed E-state index contributed by atoms with van der Waals surface area (Å²) in [7, 11) is 3.13. The first kappa shape index (κ1) is 19.1. The Kier molecular flexibility index (Phi) is 5.13. The molecular formula is C22H20N4O4. The Hall–Kier alpha value is -4.20. The molecule has 4 rings (SSSR count). The largest absolute Gasteiger partial charge is 0.497 e. The van der Waals surface area contributed by atoms with E-state index < -0.39 is 0 Å². The van der Waals surface area contributed by atoms with Crippen LogP contribution in [0.5, 0.6) is 11.5 Å². The number of fused-ring (bicyclic) bond motifs is 1. The number of rotatable bonds is 5. The minimum Gasteiger partial charge on any atom is -0.497 e. The smallest absolute Gasteiger partial charge is 0.323 e. The Labute approximate surface area is 172 Å². The summed E-state index contributed by atoms with van der Waals surface area (Å²) in [5, 5.41) is 10.1. The van der Waals surface area contributed by atoms with Crippen LogP contribution in [0.4, 0.5) is 22.0 Å². The van der Waals surface area contributed by atoms with Crippen LogP contribution < -0.4 is 25.8 Å². The number of methoxy groups -OCH3 is 2. The van der Waals surface area contributed by atoms with Crippen LogP contribution in [0.1, 0.15) is 0 Å². The number of nitrogens with one attached hydrogen (secondary N) is 2. The van der Waals surface area contributed by atoms with Gasteiger partial charge in [-0.15, -0.1) is 0 Å². The molecule has 4 N–H and O–H groups in total. The maximum absolute atomic E-state index is 12.3. The molecule has 0 spiro atoms. The maximum atomic E-state index is 12.3. The van der Waals surface area contributed by atoms with E-state index in [1.807, 2.05) is 18.2 Å². The lowest BCUT2D eigenvalue weighted by Gasteiger charge is -2.10. The van der Waals surface area contributed by atoms with E-state index in [2.05, 4.69) is 15.8 Å². The quantitative estimate of drug-likeness (QED) is 0.443. The fraction of sp³-hybridized carbons (Fsp3) is 0.0909. The van der Waals surface area contributed by atoms with Gasteiger partial charge in [0.2, 0.25) is 5.58 Å². The molecule has 1 heterocycles. The lowest BCUT2D eigenvalue weighted by atomic mass is 10.0. The summed E-state index contributed by atoms with van der Waals surface area (Å²) >= 11 is 0. The molecule has 152 valence electrons. The van der Waals surface area contributed by atoms with Crippen LogP contribution in [-0.2, 0) is 0 Å². The molecule has 2 amide bonds. The van der Waals surface area contributed by atoms with Gasteiger partial charge in [-0.1, -0.05) is 23.4 Å². The maximum Gasteiger partial charge on any atom is 0.323 e. The summed E-state index contributed by atoms with van der Waals surface area (Å²) in [6.07, 6.45) is 0. The van der Waals surface area contributed by atoms with Gasteiger partial charge < -0.3 is 30.4 Å². The van der Waals surface area contributed by atoms with Crippen molar-refractivity contribution in [2.24, 2.45) is 0 Å². The van der Waals surface area contributed by atoms with Gasteiger partial charge in [-0.25, -0.2) is 4.79 Å². The van der Waals surface area contributed by atoms with Crippen LogP contribution in [0.2, 0.25) is 0 Å². The molecule has 0 fully saturated rings. The van der Waals surface area contributed by atoms with Crippen LogP contribution in [0, 0.1) is 0 Å². The van der Waals surface area contributed by atoms with E-state index >= 15 is 0 Å². The lowest BCUT2D eigenvalue weighted by molar-refractivity contribution is 0.262. The summed E-state index contributed by atoms with van der Waals surface area (Å²) in [5.41, 5.74) is 9.52. The zero-order valence-corrected chi connectivity index (χ0v) is 16.4. The van der Waals surface area contributed by atoms with Crippen molar-refractivity contribution in [1.29, 1.82) is 0 Å². The number of carbonyl (C=O) groups excluding carboxylic acids is 1. The number of hydrogen-bond donors (Lipinski definition) is 3. The van der Waals surface area contributed by atoms with Gasteiger partial charge >= 0.3 is 6.03 Å². The van der Waals surface area contributed by atoms with E-state index in [9.17, 15) is 4.79 Å². The zero-order valence-electron chi connectivity index (χ0n) is 16.4. The van der Waals surface area contributed by atoms with Gasteiger partial charge in [-0.05, 0) is 47.5 Å². The van der Waals surface area contributed by atoms with Crippen molar-refractivity contribution in [2.75, 3.05) is 30.6 Å². The average Bonchev–Trinajstić information content (AvgIpc) is 3.16. The first-order valence-electron chi connectivity index (χ1n) is 9.13. The van der Waals surface area contributed by atoms with Crippen molar-refractivity contribution in [1.82, 2.24) is 5.16 Å². The second kappa shape index (κ2) is 8.04. The third kappa shape index (κ3) is 3.70. The highest BCUT2D eigenvalue weighted by Gasteiger charge is 2.16. The topological polar surface area (TPSA) is 112 Å². The number of amides is 2. The first-order chi connectivity index (χ1) is 14.6. The normalized spacial score (nSPS) is 10.6. The standard InChI is InChI=1S/C22H20N4O4/c1-28-16-5-3-4-15(12-16)25-22(27)24-14-8-6-13(7-9-14)17-10-11-18(29-2)20-19(17)21(23)26-30-20/h3-12H,1-2H3,(H2,23,26)(H2,24,25,27). The molecule has 0 unspecified atom stereocenters. The van der Waals surface area contributed by atoms with Crippen LogP contribution >= 0.6 is 0 Å². The molecule has 0 saturated heterocycles. The van der Waals surface area contributed by atoms with Crippen molar-refractivity contribution >= 4 is 34.2 Å². The molecule has 0 aliphatic heterocycles. The number of hydrogen-bond acceptors (Lipinski definition) is 6. The number of nitrogens with zero attached hydrogens (tertiary/aromatic N) is 1. The summed E-state index contributed by atoms with van der Waals surface area (Å²) in [4.78, 5) is 12.3. The highest BCUT2D eigenvalue weighted by atomic mass is 16.5. The van der Waals surface area contributed by atoms with E-state index in [4.69, 9.17) is 19.7 Å². The molecule has 0 radical (unpaired) electrons. The third-order valence-corrected chi connectivity index (χ3v) is 4.61. The number of aromatic nitrogens is 1. The summed E-state index contributed by atoms with van der Waals surface area (Å²) in [5.74, 6) is 1.51. The van der Waals surface area contributed by atoms with Gasteiger partial charge in [0, 0.05) is 17.4 Å². The third-order valence-electron chi connectivity index (χ3n) is 4.61. The van der Waals surface area contributed by atoms with Crippen LogP contribution in [0.3, 0.4) is 0 Å². The Morgan fingerprint density at radius 2 is 1.73 bits per heavy atom. The molecule has 1 aromatic heterocycles. The van der Waals surface area contributed by atoms with Crippen LogP contribution in [-0.4, -0.2) is 25.4 Å². The predicted octanol–water partition coefficient (Wildman–Crippen LogP) is 4.74. The Balaban J connectivity index is 1.53. The van der Waals surface area contributed by atoms with Gasteiger partial charge in [0.25, 0.3) is 0 Å². The van der Waals surface area contributed by atoms with Gasteiger partial charge in [0.1, 0.15) is 5.75 Å². The number of carbonyl (C=O) groups is 1. The Morgan fingerprint density at radius 1 is 0.967 bits per heavy atom. The summed E-state index contributed by atoms with van der Waals surface area (Å²) < 4.78 is 15.8. The van der Waals surface area contributed by atoms with E-state index in [0.29, 0.717) is 39.7 Å². The second-order valence-corrected chi connectivity index (χ2v) is 6.48. The fourth-order valence-corrected chi connectivity index (χ4v) is 3.18. The van der Waals surface area contributed by atoms with E-state index in [1.165, 1.54) is 0 Å². The van der Waals surface area contributed by atoms with Crippen molar-refractivity contribution in [3.63, 3.8) is 0 Å². The molecule has 8 nitrogen and oxygen atoms in total. The van der Waals surface area contributed by atoms with E-state index in [-0.39, 0.29) is 6.03 Å². The molecule has 4 aromatic rings. The van der Waals surface area contributed by atoms with Gasteiger partial charge in [-0.2, -0.15) is 0 Å². The Morgan fingerprint density at radius 3 is 2.47 bits per heavy atom. The van der Waals surface area contributed by atoms with Crippen molar-refractivity contribution in [2.45, 2.75) is 0 Å². The number of benzene rings is 3. The van der Waals surface area contributed by atoms with Gasteiger partial charge in [0.15, 0.2) is 11.6 Å². The highest BCUT2D eigenvalue weighted by Crippen LogP contribution is 2.37. The molecule has 0 bridgehead atoms. The fourth-order valence-electron chi connectivity index (χ4n) is 3.18. The number of urea groups is 1. The van der Waals surface area contributed by atoms with Crippen molar-refractivity contribution in [3.05, 3.63) is 60.7 Å². The summed E-state index contributed by atoms with van der Waals surface area (Å²) in [6, 6.07) is 17.8. The van der Waals surface area contributed by atoms with Crippen molar-refractivity contribution < 1.29 is 18.8 Å². The number of anilines is 3. The monoisotopic (exact) mass is 404 g/mol. The molecule has 0 aliphatic carbocycles. The molecular weight excluding hydrogens is 384 g/mol. The first-order valence-corrected chi connectivity index (χ1v) is 9.13. The number of nitrogen functional groups attached to an aromatic ring is 1. The zero-order chi connectivity index (χ0) is 21.1. The summed E-state index contributed by atoms with van der Waals surface area (Å²) in [6.45, 7) is 0. The minimum absolute atomic E-state index is 0.291. The second-order valence-electron chi connectivity index (χ2n) is 6.48. The minimum atomic E-state index is -0.355. The highest BCUT2D eigenvalue weighted by molar-refractivity contribution is 6.04. The molecule has 8 heteroatoms. The van der Waals surface area contributed by atoms with Crippen LogP contribution in [0.15, 0.2) is 65.2 Å². The molecule has 0 aliphatic rings. The Bertz CT molecular complexity index is 1200. The average molecular weight is 404 g/mol. The predicted molar refractivity (Wildman–Crippen MR) is 116 cm³/mol.